The topological polar surface area (TPSA) is 63.4 Å². The maximum absolute atomic E-state index is 11.4. The molecular weight excluding hydrogens is 224 g/mol. The van der Waals surface area contributed by atoms with Gasteiger partial charge in [-0.3, -0.25) is 0 Å². The fourth-order valence-corrected chi connectivity index (χ4v) is 2.62. The van der Waals surface area contributed by atoms with Crippen molar-refractivity contribution in [3.63, 3.8) is 0 Å². The van der Waals surface area contributed by atoms with Crippen LogP contribution >= 0.6 is 0 Å². The van der Waals surface area contributed by atoms with E-state index in [9.17, 15) is 8.42 Å². The van der Waals surface area contributed by atoms with Gasteiger partial charge in [-0.2, -0.15) is 12.7 Å². The third-order valence-corrected chi connectivity index (χ3v) is 3.82. The summed E-state index contributed by atoms with van der Waals surface area (Å²) in [6.07, 6.45) is 1.84. The summed E-state index contributed by atoms with van der Waals surface area (Å²) in [6.45, 7) is 2.38. The second-order valence-corrected chi connectivity index (χ2v) is 5.81. The Morgan fingerprint density at radius 3 is 2.31 bits per heavy atom. The van der Waals surface area contributed by atoms with E-state index in [0.29, 0.717) is 6.54 Å². The van der Waals surface area contributed by atoms with Crippen LogP contribution in [0.1, 0.15) is 24.0 Å². The van der Waals surface area contributed by atoms with Crippen LogP contribution in [-0.2, 0) is 16.8 Å². The average molecular weight is 240 g/mol. The molecule has 1 aliphatic rings. The Kier molecular flexibility index (Phi) is 3.01. The zero-order valence-electron chi connectivity index (χ0n) is 9.26. The molecule has 0 unspecified atom stereocenters. The summed E-state index contributed by atoms with van der Waals surface area (Å²) in [5.74, 6) is 0. The molecule has 2 N–H and O–H groups in total. The summed E-state index contributed by atoms with van der Waals surface area (Å²) in [5, 5.41) is 5.20. The lowest BCUT2D eigenvalue weighted by Crippen LogP contribution is -2.37. The predicted molar refractivity (Wildman–Crippen MR) is 62.9 cm³/mol. The average Bonchev–Trinajstić information content (AvgIpc) is 2.98. The van der Waals surface area contributed by atoms with Crippen LogP contribution in [0.25, 0.3) is 0 Å². The maximum atomic E-state index is 11.4. The highest BCUT2D eigenvalue weighted by Gasteiger charge is 2.35. The molecule has 4 nitrogen and oxygen atoms in total. The van der Waals surface area contributed by atoms with Crippen molar-refractivity contribution in [3.05, 3.63) is 35.4 Å². The van der Waals surface area contributed by atoms with Crippen molar-refractivity contribution < 1.29 is 8.42 Å². The third kappa shape index (κ3) is 2.81. The molecule has 0 heterocycles. The number of rotatable bonds is 4. The van der Waals surface area contributed by atoms with E-state index < -0.39 is 10.2 Å². The number of hydrogen-bond acceptors (Lipinski definition) is 2. The van der Waals surface area contributed by atoms with Crippen molar-refractivity contribution in [1.82, 2.24) is 4.31 Å². The highest BCUT2D eigenvalue weighted by Crippen LogP contribution is 2.29. The summed E-state index contributed by atoms with van der Waals surface area (Å²) in [6, 6.07) is 7.94. The van der Waals surface area contributed by atoms with E-state index >= 15 is 0 Å². The first-order valence-electron chi connectivity index (χ1n) is 5.32. The molecule has 16 heavy (non-hydrogen) atoms. The van der Waals surface area contributed by atoms with Crippen molar-refractivity contribution in [3.8, 4) is 0 Å². The van der Waals surface area contributed by atoms with Gasteiger partial charge in [0.15, 0.2) is 0 Å². The van der Waals surface area contributed by atoms with Gasteiger partial charge >= 0.3 is 0 Å². The number of hydrogen-bond donors (Lipinski definition) is 1. The van der Waals surface area contributed by atoms with E-state index in [0.717, 1.165) is 24.0 Å². The Hall–Kier alpha value is -0.910. The third-order valence-electron chi connectivity index (χ3n) is 2.74. The number of benzene rings is 1. The molecule has 0 saturated heterocycles. The number of nitrogens with two attached hydrogens (primary N) is 1. The van der Waals surface area contributed by atoms with Crippen LogP contribution < -0.4 is 5.14 Å². The van der Waals surface area contributed by atoms with Crippen LogP contribution in [0.5, 0.6) is 0 Å². The van der Waals surface area contributed by atoms with Gasteiger partial charge in [-0.1, -0.05) is 29.8 Å². The highest BCUT2D eigenvalue weighted by molar-refractivity contribution is 7.86. The summed E-state index contributed by atoms with van der Waals surface area (Å²) >= 11 is 0. The molecule has 1 aromatic carbocycles. The summed E-state index contributed by atoms with van der Waals surface area (Å²) in [7, 11) is -3.58. The molecule has 5 heteroatoms. The van der Waals surface area contributed by atoms with Gasteiger partial charge in [-0.25, -0.2) is 5.14 Å². The van der Waals surface area contributed by atoms with Crippen LogP contribution in [0.4, 0.5) is 0 Å². The lowest BCUT2D eigenvalue weighted by molar-refractivity contribution is 0.399. The summed E-state index contributed by atoms with van der Waals surface area (Å²) in [4.78, 5) is 0. The number of aryl methyl sites for hydroxylation is 1. The minimum Gasteiger partial charge on any atom is -0.216 e. The van der Waals surface area contributed by atoms with Crippen molar-refractivity contribution in [2.45, 2.75) is 32.4 Å². The molecule has 0 bridgehead atoms. The monoisotopic (exact) mass is 240 g/mol. The molecule has 0 atom stereocenters. The van der Waals surface area contributed by atoms with Crippen molar-refractivity contribution >= 4 is 10.2 Å². The van der Waals surface area contributed by atoms with Crippen molar-refractivity contribution in [2.75, 3.05) is 0 Å². The van der Waals surface area contributed by atoms with Gasteiger partial charge in [-0.05, 0) is 25.3 Å². The molecule has 0 aliphatic heterocycles. The minimum absolute atomic E-state index is 0.108. The standard InChI is InChI=1S/C11H16N2O2S/c1-9-2-4-10(5-3-9)8-13(11-6-7-11)16(12,14)15/h2-5,11H,6-8H2,1H3,(H2,12,14,15). The van der Waals surface area contributed by atoms with E-state index in [-0.39, 0.29) is 6.04 Å². The van der Waals surface area contributed by atoms with Crippen molar-refractivity contribution in [1.29, 1.82) is 0 Å². The van der Waals surface area contributed by atoms with E-state index in [2.05, 4.69) is 0 Å². The SMILES string of the molecule is Cc1ccc(CN(C2CC2)S(N)(=O)=O)cc1. The molecule has 88 valence electrons. The summed E-state index contributed by atoms with van der Waals surface area (Å²) in [5.41, 5.74) is 2.14. The molecule has 0 spiro atoms. The fourth-order valence-electron chi connectivity index (χ4n) is 1.66. The predicted octanol–water partition coefficient (Wildman–Crippen LogP) is 1.16. The van der Waals surface area contributed by atoms with Gasteiger partial charge in [-0.15, -0.1) is 0 Å². The Balaban J connectivity index is 2.15. The van der Waals surface area contributed by atoms with Gasteiger partial charge in [0.25, 0.3) is 10.2 Å². The normalized spacial score (nSPS) is 16.7. The minimum atomic E-state index is -3.58. The Bertz CT molecular complexity index is 463. The van der Waals surface area contributed by atoms with Gasteiger partial charge in [0.1, 0.15) is 0 Å². The van der Waals surface area contributed by atoms with Crippen LogP contribution in [0.2, 0.25) is 0 Å². The highest BCUT2D eigenvalue weighted by atomic mass is 32.2. The first-order valence-corrected chi connectivity index (χ1v) is 6.82. The van der Waals surface area contributed by atoms with Gasteiger partial charge in [0.2, 0.25) is 0 Å². The molecule has 1 saturated carbocycles. The number of nitrogens with zero attached hydrogens (tertiary/aromatic N) is 1. The molecule has 1 aliphatic carbocycles. The van der Waals surface area contributed by atoms with Crippen LogP contribution in [-0.4, -0.2) is 18.8 Å². The van der Waals surface area contributed by atoms with Crippen LogP contribution in [0, 0.1) is 6.92 Å². The first-order chi connectivity index (χ1) is 7.47. The lowest BCUT2D eigenvalue weighted by atomic mass is 10.1. The Morgan fingerprint density at radius 2 is 1.88 bits per heavy atom. The van der Waals surface area contributed by atoms with Gasteiger partial charge in [0.05, 0.1) is 0 Å². The quantitative estimate of drug-likeness (QED) is 0.858. The molecule has 1 aromatic rings. The fraction of sp³-hybridized carbons (Fsp3) is 0.455. The van der Waals surface area contributed by atoms with Crippen molar-refractivity contribution in [2.24, 2.45) is 5.14 Å². The molecule has 0 aromatic heterocycles. The maximum Gasteiger partial charge on any atom is 0.277 e. The molecule has 1 fully saturated rings. The van der Waals surface area contributed by atoms with Crippen LogP contribution in [0.15, 0.2) is 24.3 Å². The first kappa shape index (κ1) is 11.6. The second kappa shape index (κ2) is 4.16. The Morgan fingerprint density at radius 1 is 1.31 bits per heavy atom. The largest absolute Gasteiger partial charge is 0.277 e. The molecule has 0 amide bonds. The zero-order valence-corrected chi connectivity index (χ0v) is 10.1. The molecule has 0 radical (unpaired) electrons. The lowest BCUT2D eigenvalue weighted by Gasteiger charge is -2.18. The zero-order chi connectivity index (χ0) is 11.8. The van der Waals surface area contributed by atoms with Crippen LogP contribution in [0.3, 0.4) is 0 Å². The van der Waals surface area contributed by atoms with E-state index in [1.54, 1.807) is 0 Å². The smallest absolute Gasteiger partial charge is 0.216 e. The molecule has 2 rings (SSSR count). The van der Waals surface area contributed by atoms with E-state index in [4.69, 9.17) is 5.14 Å². The Labute approximate surface area is 96.2 Å². The summed E-state index contributed by atoms with van der Waals surface area (Å²) < 4.78 is 24.2. The molecular formula is C11H16N2O2S. The van der Waals surface area contributed by atoms with E-state index in [1.165, 1.54) is 4.31 Å². The second-order valence-electron chi connectivity index (χ2n) is 4.31. The van der Waals surface area contributed by atoms with Gasteiger partial charge in [0, 0.05) is 12.6 Å². The van der Waals surface area contributed by atoms with E-state index in [1.807, 2.05) is 31.2 Å². The van der Waals surface area contributed by atoms with Gasteiger partial charge < -0.3 is 0 Å².